The first-order chi connectivity index (χ1) is 17.0. The molecule has 3 heterocycles. The highest BCUT2D eigenvalue weighted by atomic mass is 16.5. The van der Waals surface area contributed by atoms with E-state index in [-0.39, 0.29) is 24.8 Å². The van der Waals surface area contributed by atoms with Crippen LogP contribution in [0.3, 0.4) is 0 Å². The Labute approximate surface area is 203 Å². The van der Waals surface area contributed by atoms with Crippen LogP contribution in [0.4, 0.5) is 11.5 Å². The number of pyridine rings is 1. The first-order valence-electron chi connectivity index (χ1n) is 11.4. The zero-order valence-electron chi connectivity index (χ0n) is 19.8. The molecule has 0 aliphatic carbocycles. The summed E-state index contributed by atoms with van der Waals surface area (Å²) in [7, 11) is 3.11. The van der Waals surface area contributed by atoms with Crippen molar-refractivity contribution in [3.05, 3.63) is 72.4 Å². The first-order valence-corrected chi connectivity index (χ1v) is 11.4. The number of carbonyl (C=O) groups is 2. The topological polar surface area (TPSA) is 85.2 Å². The van der Waals surface area contributed by atoms with Crippen LogP contribution in [0.1, 0.15) is 12.0 Å². The molecular weight excluding hydrogens is 444 g/mol. The Morgan fingerprint density at radius 1 is 1.06 bits per heavy atom. The van der Waals surface area contributed by atoms with Gasteiger partial charge in [0, 0.05) is 30.8 Å². The molecular formula is C27H26N4O4. The number of carbonyl (C=O) groups excluding carboxylic acids is 2. The zero-order valence-corrected chi connectivity index (χ0v) is 19.8. The SMILES string of the molecule is COc1ccc(OC)c(N2CC(C(=O)Nc3c(-c4ccccc4)nc4c(C)cccn34)CC2=O)c1. The van der Waals surface area contributed by atoms with E-state index in [1.54, 1.807) is 37.3 Å². The van der Waals surface area contributed by atoms with Crippen molar-refractivity contribution in [2.75, 3.05) is 31.0 Å². The first kappa shape index (κ1) is 22.5. The lowest BCUT2D eigenvalue weighted by Crippen LogP contribution is -2.28. The van der Waals surface area contributed by atoms with Crippen LogP contribution in [0.2, 0.25) is 0 Å². The van der Waals surface area contributed by atoms with Gasteiger partial charge in [0.25, 0.3) is 0 Å². The van der Waals surface area contributed by atoms with Crippen molar-refractivity contribution in [2.45, 2.75) is 13.3 Å². The number of anilines is 2. The van der Waals surface area contributed by atoms with Gasteiger partial charge in [-0.15, -0.1) is 0 Å². The highest BCUT2D eigenvalue weighted by molar-refractivity contribution is 6.05. The van der Waals surface area contributed by atoms with Crippen LogP contribution in [0.25, 0.3) is 16.9 Å². The van der Waals surface area contributed by atoms with Gasteiger partial charge in [-0.2, -0.15) is 0 Å². The van der Waals surface area contributed by atoms with Crippen molar-refractivity contribution in [3.63, 3.8) is 0 Å². The fourth-order valence-corrected chi connectivity index (χ4v) is 4.46. The number of imidazole rings is 1. The molecule has 178 valence electrons. The molecule has 1 atom stereocenters. The zero-order chi connectivity index (χ0) is 24.5. The Hall–Kier alpha value is -4.33. The third-order valence-electron chi connectivity index (χ3n) is 6.31. The summed E-state index contributed by atoms with van der Waals surface area (Å²) in [5.74, 6) is 0.832. The molecule has 0 bridgehead atoms. The van der Waals surface area contributed by atoms with E-state index in [4.69, 9.17) is 14.5 Å². The summed E-state index contributed by atoms with van der Waals surface area (Å²) in [6.07, 6.45) is 1.98. The minimum absolute atomic E-state index is 0.0998. The number of nitrogens with one attached hydrogen (secondary N) is 1. The molecule has 0 spiro atoms. The lowest BCUT2D eigenvalue weighted by molar-refractivity contribution is -0.122. The van der Waals surface area contributed by atoms with E-state index in [1.807, 2.05) is 60.0 Å². The van der Waals surface area contributed by atoms with E-state index in [1.165, 1.54) is 0 Å². The number of hydrogen-bond donors (Lipinski definition) is 1. The Morgan fingerprint density at radius 2 is 1.86 bits per heavy atom. The lowest BCUT2D eigenvalue weighted by atomic mass is 10.1. The number of rotatable bonds is 6. The number of aryl methyl sites for hydroxylation is 1. The third-order valence-corrected chi connectivity index (χ3v) is 6.31. The highest BCUT2D eigenvalue weighted by Gasteiger charge is 2.37. The minimum Gasteiger partial charge on any atom is -0.497 e. The molecule has 5 rings (SSSR count). The summed E-state index contributed by atoms with van der Waals surface area (Å²) in [6.45, 7) is 2.22. The van der Waals surface area contributed by atoms with E-state index < -0.39 is 5.92 Å². The molecule has 8 nitrogen and oxygen atoms in total. The molecule has 2 aromatic carbocycles. The fourth-order valence-electron chi connectivity index (χ4n) is 4.46. The molecule has 1 aliphatic rings. The fraction of sp³-hybridized carbons (Fsp3) is 0.222. The molecule has 2 aromatic heterocycles. The van der Waals surface area contributed by atoms with E-state index in [9.17, 15) is 9.59 Å². The molecule has 1 unspecified atom stereocenters. The summed E-state index contributed by atoms with van der Waals surface area (Å²) < 4.78 is 12.6. The summed E-state index contributed by atoms with van der Waals surface area (Å²) in [4.78, 5) is 32.8. The molecule has 1 fully saturated rings. The second-order valence-corrected chi connectivity index (χ2v) is 8.49. The van der Waals surface area contributed by atoms with Gasteiger partial charge in [0.2, 0.25) is 11.8 Å². The van der Waals surface area contributed by atoms with Gasteiger partial charge < -0.3 is 19.7 Å². The Balaban J connectivity index is 1.46. The van der Waals surface area contributed by atoms with E-state index in [0.29, 0.717) is 28.7 Å². The average molecular weight is 471 g/mol. The van der Waals surface area contributed by atoms with Crippen molar-refractivity contribution < 1.29 is 19.1 Å². The molecule has 4 aromatic rings. The second-order valence-electron chi connectivity index (χ2n) is 8.49. The number of benzene rings is 2. The quantitative estimate of drug-likeness (QED) is 0.454. The minimum atomic E-state index is -0.530. The van der Waals surface area contributed by atoms with Crippen LogP contribution in [0.15, 0.2) is 66.9 Å². The number of hydrogen-bond acceptors (Lipinski definition) is 5. The normalized spacial score (nSPS) is 15.5. The predicted molar refractivity (Wildman–Crippen MR) is 134 cm³/mol. The molecule has 0 radical (unpaired) electrons. The lowest BCUT2D eigenvalue weighted by Gasteiger charge is -2.20. The van der Waals surface area contributed by atoms with Crippen LogP contribution < -0.4 is 19.7 Å². The van der Waals surface area contributed by atoms with Crippen LogP contribution >= 0.6 is 0 Å². The maximum atomic E-state index is 13.4. The van der Waals surface area contributed by atoms with Gasteiger partial charge >= 0.3 is 0 Å². The summed E-state index contributed by atoms with van der Waals surface area (Å²) in [5, 5.41) is 3.07. The predicted octanol–water partition coefficient (Wildman–Crippen LogP) is 4.32. The Bertz CT molecular complexity index is 1410. The number of fused-ring (bicyclic) bond motifs is 1. The van der Waals surface area contributed by atoms with Crippen molar-refractivity contribution >= 4 is 29.0 Å². The van der Waals surface area contributed by atoms with Crippen molar-refractivity contribution in [1.82, 2.24) is 9.38 Å². The highest BCUT2D eigenvalue weighted by Crippen LogP contribution is 2.37. The molecule has 8 heteroatoms. The van der Waals surface area contributed by atoms with E-state index >= 15 is 0 Å². The van der Waals surface area contributed by atoms with Gasteiger partial charge in [-0.1, -0.05) is 36.4 Å². The Morgan fingerprint density at radius 3 is 2.60 bits per heavy atom. The number of nitrogens with zero attached hydrogens (tertiary/aromatic N) is 3. The van der Waals surface area contributed by atoms with Gasteiger partial charge in [0.05, 0.1) is 25.8 Å². The summed E-state index contributed by atoms with van der Waals surface area (Å²) in [6, 6.07) is 18.9. The molecule has 35 heavy (non-hydrogen) atoms. The smallest absolute Gasteiger partial charge is 0.230 e. The monoisotopic (exact) mass is 470 g/mol. The average Bonchev–Trinajstić information content (AvgIpc) is 3.46. The molecule has 1 saturated heterocycles. The maximum absolute atomic E-state index is 13.4. The number of ether oxygens (including phenoxy) is 2. The Kier molecular flexibility index (Phi) is 5.86. The van der Waals surface area contributed by atoms with Crippen LogP contribution in [0.5, 0.6) is 11.5 Å². The van der Waals surface area contributed by atoms with Crippen LogP contribution in [-0.2, 0) is 9.59 Å². The van der Waals surface area contributed by atoms with Gasteiger partial charge in [-0.25, -0.2) is 4.98 Å². The standard InChI is InChI=1S/C27H26N4O4/c1-17-8-7-13-30-25(17)28-24(18-9-5-4-6-10-18)26(30)29-27(33)19-14-23(32)31(16-19)21-15-20(34-2)11-12-22(21)35-3/h4-13,15,19H,14,16H2,1-3H3,(H,29,33). The van der Waals surface area contributed by atoms with Gasteiger partial charge in [0.1, 0.15) is 28.7 Å². The van der Waals surface area contributed by atoms with Gasteiger partial charge in [0.15, 0.2) is 0 Å². The summed E-state index contributed by atoms with van der Waals surface area (Å²) in [5.41, 5.74) is 3.94. The molecule has 2 amide bonds. The second kappa shape index (κ2) is 9.13. The van der Waals surface area contributed by atoms with E-state index in [0.717, 1.165) is 16.8 Å². The van der Waals surface area contributed by atoms with Crippen LogP contribution in [-0.4, -0.2) is 42.0 Å². The van der Waals surface area contributed by atoms with Crippen LogP contribution in [0, 0.1) is 12.8 Å². The molecule has 1 N–H and O–H groups in total. The van der Waals surface area contributed by atoms with Crippen molar-refractivity contribution in [1.29, 1.82) is 0 Å². The van der Waals surface area contributed by atoms with Gasteiger partial charge in [-0.05, 0) is 30.7 Å². The third kappa shape index (κ3) is 4.07. The molecule has 0 saturated carbocycles. The molecule has 1 aliphatic heterocycles. The van der Waals surface area contributed by atoms with Gasteiger partial charge in [-0.3, -0.25) is 14.0 Å². The number of aromatic nitrogens is 2. The van der Waals surface area contributed by atoms with Crippen molar-refractivity contribution in [3.8, 4) is 22.8 Å². The number of amides is 2. The largest absolute Gasteiger partial charge is 0.497 e. The number of methoxy groups -OCH3 is 2. The summed E-state index contributed by atoms with van der Waals surface area (Å²) >= 11 is 0. The van der Waals surface area contributed by atoms with E-state index in [2.05, 4.69) is 5.32 Å². The maximum Gasteiger partial charge on any atom is 0.230 e. The van der Waals surface area contributed by atoms with Crippen molar-refractivity contribution in [2.24, 2.45) is 5.92 Å².